The highest BCUT2D eigenvalue weighted by Gasteiger charge is 2.41. The van der Waals surface area contributed by atoms with Gasteiger partial charge in [-0.15, -0.1) is 12.4 Å². The van der Waals surface area contributed by atoms with Crippen LogP contribution in [0.25, 0.3) is 0 Å². The molecule has 0 bridgehead atoms. The number of nitrogens with two attached hydrogens (primary N) is 1. The maximum atomic E-state index is 5.58. The van der Waals surface area contributed by atoms with Crippen LogP contribution in [0.1, 0.15) is 25.7 Å². The lowest BCUT2D eigenvalue weighted by atomic mass is 9.90. The van der Waals surface area contributed by atoms with Crippen molar-refractivity contribution in [2.45, 2.75) is 25.7 Å². The molecule has 0 aromatic rings. The molecule has 0 heterocycles. The molecule has 0 radical (unpaired) electrons. The van der Waals surface area contributed by atoms with Crippen LogP contribution in [0.2, 0.25) is 0 Å². The van der Waals surface area contributed by atoms with Gasteiger partial charge in [0.15, 0.2) is 0 Å². The Labute approximate surface area is 68.8 Å². The van der Waals surface area contributed by atoms with Crippen LogP contribution in [0.4, 0.5) is 0 Å². The highest BCUT2D eigenvalue weighted by Crippen LogP contribution is 2.50. The summed E-state index contributed by atoms with van der Waals surface area (Å²) in [7, 11) is 0. The molecule has 3 unspecified atom stereocenters. The molecule has 0 spiro atoms. The smallest absolute Gasteiger partial charge is 0.00488 e. The van der Waals surface area contributed by atoms with Gasteiger partial charge in [-0.1, -0.05) is 0 Å². The SMILES string of the molecule is Cl.NCC1CCC2CC2C1. The molecule has 2 N–H and O–H groups in total. The van der Waals surface area contributed by atoms with Crippen LogP contribution in [-0.2, 0) is 0 Å². The summed E-state index contributed by atoms with van der Waals surface area (Å²) in [4.78, 5) is 0. The minimum absolute atomic E-state index is 0. The fourth-order valence-electron chi connectivity index (χ4n) is 2.16. The Morgan fingerprint density at radius 3 is 2.50 bits per heavy atom. The normalized spacial score (nSPS) is 43.5. The Balaban J connectivity index is 0.000000500. The second-order valence-electron chi connectivity index (χ2n) is 3.67. The Morgan fingerprint density at radius 2 is 1.90 bits per heavy atom. The van der Waals surface area contributed by atoms with E-state index in [1.807, 2.05) is 0 Å². The molecule has 2 rings (SSSR count). The Hall–Kier alpha value is 0.250. The fourth-order valence-corrected chi connectivity index (χ4v) is 2.16. The van der Waals surface area contributed by atoms with E-state index in [9.17, 15) is 0 Å². The monoisotopic (exact) mass is 161 g/mol. The van der Waals surface area contributed by atoms with Crippen LogP contribution in [0.5, 0.6) is 0 Å². The molecule has 0 aromatic heterocycles. The van der Waals surface area contributed by atoms with Gasteiger partial charge in [-0.3, -0.25) is 0 Å². The summed E-state index contributed by atoms with van der Waals surface area (Å²) in [5, 5.41) is 0. The van der Waals surface area contributed by atoms with E-state index in [0.29, 0.717) is 0 Å². The molecular formula is C8H16ClN. The lowest BCUT2D eigenvalue weighted by molar-refractivity contribution is 0.351. The molecule has 3 atom stereocenters. The quantitative estimate of drug-likeness (QED) is 0.624. The van der Waals surface area contributed by atoms with Gasteiger partial charge in [0.05, 0.1) is 0 Å². The first kappa shape index (κ1) is 8.35. The van der Waals surface area contributed by atoms with E-state index >= 15 is 0 Å². The molecule has 1 nitrogen and oxygen atoms in total. The first-order valence-electron chi connectivity index (χ1n) is 4.10. The first-order chi connectivity index (χ1) is 4.40. The zero-order chi connectivity index (χ0) is 6.27. The van der Waals surface area contributed by atoms with Crippen molar-refractivity contribution in [2.24, 2.45) is 23.5 Å². The Morgan fingerprint density at radius 1 is 1.10 bits per heavy atom. The van der Waals surface area contributed by atoms with E-state index in [4.69, 9.17) is 5.73 Å². The second kappa shape index (κ2) is 3.10. The van der Waals surface area contributed by atoms with Crippen LogP contribution in [0, 0.1) is 17.8 Å². The number of hydrogen-bond acceptors (Lipinski definition) is 1. The van der Waals surface area contributed by atoms with Crippen molar-refractivity contribution in [3.63, 3.8) is 0 Å². The molecular weight excluding hydrogens is 146 g/mol. The molecule has 2 saturated carbocycles. The summed E-state index contributed by atoms with van der Waals surface area (Å²) >= 11 is 0. The zero-order valence-corrected chi connectivity index (χ0v) is 7.07. The van der Waals surface area contributed by atoms with E-state index < -0.39 is 0 Å². The standard InChI is InChI=1S/C8H15N.ClH/c9-5-6-1-2-7-4-8(7)3-6;/h6-8H,1-5,9H2;1H. The van der Waals surface area contributed by atoms with Crippen molar-refractivity contribution in [1.29, 1.82) is 0 Å². The molecule has 60 valence electrons. The third-order valence-electron chi connectivity index (χ3n) is 2.98. The zero-order valence-electron chi connectivity index (χ0n) is 6.25. The van der Waals surface area contributed by atoms with Gasteiger partial charge in [0.1, 0.15) is 0 Å². The molecule has 0 saturated heterocycles. The van der Waals surface area contributed by atoms with Crippen LogP contribution < -0.4 is 5.73 Å². The predicted octanol–water partition coefficient (Wildman–Crippen LogP) is 1.80. The number of rotatable bonds is 1. The summed E-state index contributed by atoms with van der Waals surface area (Å²) in [5.41, 5.74) is 5.58. The van der Waals surface area contributed by atoms with E-state index in [0.717, 1.165) is 24.3 Å². The van der Waals surface area contributed by atoms with Crippen molar-refractivity contribution in [2.75, 3.05) is 6.54 Å². The van der Waals surface area contributed by atoms with E-state index in [1.54, 1.807) is 0 Å². The van der Waals surface area contributed by atoms with Gasteiger partial charge < -0.3 is 5.73 Å². The highest BCUT2D eigenvalue weighted by molar-refractivity contribution is 5.85. The molecule has 0 amide bonds. The van der Waals surface area contributed by atoms with Gasteiger partial charge in [-0.25, -0.2) is 0 Å². The summed E-state index contributed by atoms with van der Waals surface area (Å²) in [6, 6.07) is 0. The van der Waals surface area contributed by atoms with E-state index in [-0.39, 0.29) is 12.4 Å². The predicted molar refractivity (Wildman–Crippen MR) is 45.2 cm³/mol. The van der Waals surface area contributed by atoms with Gasteiger partial charge in [-0.05, 0) is 50.0 Å². The summed E-state index contributed by atoms with van der Waals surface area (Å²) in [5.74, 6) is 3.12. The topological polar surface area (TPSA) is 26.0 Å². The lowest BCUT2D eigenvalue weighted by Crippen LogP contribution is -2.18. The Bertz CT molecular complexity index is 116. The second-order valence-corrected chi connectivity index (χ2v) is 3.67. The third kappa shape index (κ3) is 1.46. The highest BCUT2D eigenvalue weighted by atomic mass is 35.5. The first-order valence-corrected chi connectivity index (χ1v) is 4.10. The number of hydrogen-bond donors (Lipinski definition) is 1. The average Bonchev–Trinajstić information content (AvgIpc) is 2.64. The lowest BCUT2D eigenvalue weighted by Gasteiger charge is -2.18. The molecule has 2 aliphatic carbocycles. The van der Waals surface area contributed by atoms with E-state index in [2.05, 4.69) is 0 Å². The molecule has 2 aliphatic rings. The van der Waals surface area contributed by atoms with E-state index in [1.165, 1.54) is 25.7 Å². The van der Waals surface area contributed by atoms with Crippen LogP contribution in [-0.4, -0.2) is 6.54 Å². The van der Waals surface area contributed by atoms with Gasteiger partial charge in [0, 0.05) is 0 Å². The maximum absolute atomic E-state index is 5.58. The molecule has 10 heavy (non-hydrogen) atoms. The van der Waals surface area contributed by atoms with Crippen molar-refractivity contribution in [3.05, 3.63) is 0 Å². The van der Waals surface area contributed by atoms with Gasteiger partial charge >= 0.3 is 0 Å². The van der Waals surface area contributed by atoms with Gasteiger partial charge in [0.25, 0.3) is 0 Å². The maximum Gasteiger partial charge on any atom is -0.00488 e. The molecule has 0 aliphatic heterocycles. The molecule has 0 aromatic carbocycles. The van der Waals surface area contributed by atoms with Crippen molar-refractivity contribution < 1.29 is 0 Å². The van der Waals surface area contributed by atoms with Crippen molar-refractivity contribution >= 4 is 12.4 Å². The minimum atomic E-state index is 0. The molecule has 2 heteroatoms. The third-order valence-corrected chi connectivity index (χ3v) is 2.98. The summed E-state index contributed by atoms with van der Waals surface area (Å²) < 4.78 is 0. The van der Waals surface area contributed by atoms with Gasteiger partial charge in [-0.2, -0.15) is 0 Å². The van der Waals surface area contributed by atoms with Crippen molar-refractivity contribution in [1.82, 2.24) is 0 Å². The number of halogens is 1. The average molecular weight is 162 g/mol. The largest absolute Gasteiger partial charge is 0.330 e. The van der Waals surface area contributed by atoms with Gasteiger partial charge in [0.2, 0.25) is 0 Å². The van der Waals surface area contributed by atoms with Crippen LogP contribution in [0.15, 0.2) is 0 Å². The van der Waals surface area contributed by atoms with Crippen LogP contribution in [0.3, 0.4) is 0 Å². The summed E-state index contributed by atoms with van der Waals surface area (Å²) in [6.45, 7) is 0.934. The number of fused-ring (bicyclic) bond motifs is 1. The Kier molecular flexibility index (Phi) is 2.59. The fraction of sp³-hybridized carbons (Fsp3) is 1.00. The summed E-state index contributed by atoms with van der Waals surface area (Å²) in [6.07, 6.45) is 5.86. The molecule has 2 fully saturated rings. The van der Waals surface area contributed by atoms with Crippen LogP contribution >= 0.6 is 12.4 Å². The minimum Gasteiger partial charge on any atom is -0.330 e. The van der Waals surface area contributed by atoms with Crippen molar-refractivity contribution in [3.8, 4) is 0 Å².